The molecule has 0 saturated heterocycles. The van der Waals surface area contributed by atoms with Gasteiger partial charge in [0, 0.05) is 35.1 Å². The van der Waals surface area contributed by atoms with E-state index < -0.39 is 0 Å². The van der Waals surface area contributed by atoms with E-state index in [0.717, 1.165) is 73.7 Å². The lowest BCUT2D eigenvalue weighted by Crippen LogP contribution is -2.35. The van der Waals surface area contributed by atoms with Crippen molar-refractivity contribution in [1.82, 2.24) is 15.1 Å². The fourth-order valence-electron chi connectivity index (χ4n) is 5.77. The zero-order chi connectivity index (χ0) is 25.0. The van der Waals surface area contributed by atoms with Gasteiger partial charge in [-0.3, -0.25) is 9.48 Å². The summed E-state index contributed by atoms with van der Waals surface area (Å²) >= 11 is 12.2. The summed E-state index contributed by atoms with van der Waals surface area (Å²) in [5, 5.41) is 8.87. The first-order valence-corrected chi connectivity index (χ1v) is 14.4. The Hall–Kier alpha value is -1.52. The first-order chi connectivity index (χ1) is 16.8. The van der Waals surface area contributed by atoms with Crippen LogP contribution in [0.3, 0.4) is 0 Å². The smallest absolute Gasteiger partial charge is 0.272 e. The molecule has 1 aromatic heterocycles. The van der Waals surface area contributed by atoms with Crippen molar-refractivity contribution >= 4 is 29.1 Å². The van der Waals surface area contributed by atoms with Gasteiger partial charge in [0.15, 0.2) is 5.69 Å². The number of unbranched alkanes of at least 4 members (excludes halogenated alkanes) is 2. The Morgan fingerprint density at radius 2 is 2.09 bits per heavy atom. The van der Waals surface area contributed by atoms with Crippen molar-refractivity contribution in [3.63, 3.8) is 0 Å². The molecule has 4 nitrogen and oxygen atoms in total. The Labute approximate surface area is 221 Å². The topological polar surface area (TPSA) is 46.9 Å². The van der Waals surface area contributed by atoms with E-state index in [1.165, 1.54) is 30.4 Å². The molecule has 0 radical (unpaired) electrons. The molecule has 1 fully saturated rings. The summed E-state index contributed by atoms with van der Waals surface area (Å²) in [6.45, 7) is 8.52. The Morgan fingerprint density at radius 3 is 2.80 bits per heavy atom. The Kier molecular flexibility index (Phi) is 8.86. The van der Waals surface area contributed by atoms with Crippen LogP contribution in [0.25, 0.3) is 11.3 Å². The molecular weight excluding hydrogens is 477 g/mol. The minimum absolute atomic E-state index is 0.0333. The summed E-state index contributed by atoms with van der Waals surface area (Å²) in [5.74, 6) is 1.95. The maximum atomic E-state index is 13.4. The van der Waals surface area contributed by atoms with Crippen LogP contribution >= 0.6 is 23.2 Å². The molecular formula is C29H41Cl2N3O. The number of halogens is 2. The second-order valence-electron chi connectivity index (χ2n) is 11.4. The summed E-state index contributed by atoms with van der Waals surface area (Å²) in [6.07, 6.45) is 11.0. The normalized spacial score (nSPS) is 19.3. The average Bonchev–Trinajstić information content (AvgIpc) is 3.07. The van der Waals surface area contributed by atoms with Crippen LogP contribution in [0.1, 0.15) is 93.8 Å². The van der Waals surface area contributed by atoms with Crippen LogP contribution in [0.2, 0.25) is 5.02 Å². The number of aryl methyl sites for hydroxylation is 2. The molecule has 0 aliphatic heterocycles. The number of hydrogen-bond donors (Lipinski definition) is 1. The standard InChI is InChI=1S/C29H41Cl2N3O/c1-20(10-11-22-14-15-29(22,2)3)19-32-28(35)26-25-9-7-8-21-18-23(31)12-13-24(21)27(25)34(33-26)17-6-4-5-16-30/h12-13,18,20,22H,4-11,14-17,19H2,1-3H3,(H,32,35). The monoisotopic (exact) mass is 517 g/mol. The number of alkyl halides is 1. The second kappa shape index (κ2) is 11.7. The van der Waals surface area contributed by atoms with E-state index in [0.29, 0.717) is 29.5 Å². The number of hydrogen-bond acceptors (Lipinski definition) is 2. The average molecular weight is 519 g/mol. The second-order valence-corrected chi connectivity index (χ2v) is 12.2. The highest BCUT2D eigenvalue weighted by atomic mass is 35.5. The third-order valence-electron chi connectivity index (χ3n) is 8.33. The van der Waals surface area contributed by atoms with Crippen molar-refractivity contribution in [2.24, 2.45) is 17.3 Å². The van der Waals surface area contributed by atoms with Crippen LogP contribution in [0.15, 0.2) is 18.2 Å². The van der Waals surface area contributed by atoms with Gasteiger partial charge in [-0.05, 0) is 92.7 Å². The van der Waals surface area contributed by atoms with Crippen LogP contribution in [-0.4, -0.2) is 28.1 Å². The first kappa shape index (κ1) is 26.5. The van der Waals surface area contributed by atoms with Gasteiger partial charge in [0.25, 0.3) is 5.91 Å². The molecule has 0 spiro atoms. The maximum absolute atomic E-state index is 13.4. The van der Waals surface area contributed by atoms with Gasteiger partial charge in [-0.2, -0.15) is 5.10 Å². The van der Waals surface area contributed by atoms with Crippen molar-refractivity contribution in [2.45, 2.75) is 91.5 Å². The molecule has 2 aromatic rings. The maximum Gasteiger partial charge on any atom is 0.272 e. The number of rotatable bonds is 11. The first-order valence-electron chi connectivity index (χ1n) is 13.5. The third kappa shape index (κ3) is 6.25. The molecule has 35 heavy (non-hydrogen) atoms. The molecule has 1 amide bonds. The van der Waals surface area contributed by atoms with E-state index in [1.807, 2.05) is 6.07 Å². The van der Waals surface area contributed by atoms with Crippen molar-refractivity contribution < 1.29 is 4.79 Å². The highest BCUT2D eigenvalue weighted by molar-refractivity contribution is 6.30. The van der Waals surface area contributed by atoms with E-state index in [2.05, 4.69) is 42.9 Å². The van der Waals surface area contributed by atoms with Crippen molar-refractivity contribution in [3.05, 3.63) is 40.0 Å². The molecule has 2 unspecified atom stereocenters. The molecule has 2 atom stereocenters. The summed E-state index contributed by atoms with van der Waals surface area (Å²) in [6, 6.07) is 6.12. The number of nitrogens with one attached hydrogen (secondary N) is 1. The number of fused-ring (bicyclic) bond motifs is 3. The minimum Gasteiger partial charge on any atom is -0.350 e. The molecule has 0 bridgehead atoms. The van der Waals surface area contributed by atoms with Crippen molar-refractivity contribution in [1.29, 1.82) is 0 Å². The largest absolute Gasteiger partial charge is 0.350 e. The van der Waals surface area contributed by atoms with Crippen LogP contribution in [0.4, 0.5) is 0 Å². The highest BCUT2D eigenvalue weighted by Gasteiger charge is 2.37. The van der Waals surface area contributed by atoms with Gasteiger partial charge in [0.1, 0.15) is 0 Å². The summed E-state index contributed by atoms with van der Waals surface area (Å²) in [5.41, 5.74) is 5.71. The van der Waals surface area contributed by atoms with Gasteiger partial charge in [-0.1, -0.05) is 44.9 Å². The van der Waals surface area contributed by atoms with Crippen LogP contribution in [0.5, 0.6) is 0 Å². The van der Waals surface area contributed by atoms with E-state index >= 15 is 0 Å². The molecule has 2 aliphatic rings. The Morgan fingerprint density at radius 1 is 1.26 bits per heavy atom. The van der Waals surface area contributed by atoms with Crippen LogP contribution in [0, 0.1) is 17.3 Å². The molecule has 1 aromatic carbocycles. The molecule has 2 aliphatic carbocycles. The quantitative estimate of drug-likeness (QED) is 0.245. The van der Waals surface area contributed by atoms with Gasteiger partial charge < -0.3 is 5.32 Å². The van der Waals surface area contributed by atoms with E-state index in [1.54, 1.807) is 0 Å². The Balaban J connectivity index is 1.49. The fourth-order valence-corrected chi connectivity index (χ4v) is 6.15. The van der Waals surface area contributed by atoms with E-state index in [-0.39, 0.29) is 5.91 Å². The van der Waals surface area contributed by atoms with Gasteiger partial charge in [0.2, 0.25) is 0 Å². The molecule has 6 heteroatoms. The number of aromatic nitrogens is 2. The van der Waals surface area contributed by atoms with E-state index in [4.69, 9.17) is 28.3 Å². The molecule has 4 rings (SSSR count). The lowest BCUT2D eigenvalue weighted by molar-refractivity contribution is 0.0590. The number of carbonyl (C=O) groups is 1. The lowest BCUT2D eigenvalue weighted by atomic mass is 9.61. The van der Waals surface area contributed by atoms with Gasteiger partial charge in [-0.25, -0.2) is 0 Å². The van der Waals surface area contributed by atoms with Gasteiger partial charge in [-0.15, -0.1) is 11.6 Å². The predicted molar refractivity (Wildman–Crippen MR) is 147 cm³/mol. The lowest BCUT2D eigenvalue weighted by Gasteiger charge is -2.45. The minimum atomic E-state index is -0.0333. The molecule has 1 N–H and O–H groups in total. The highest BCUT2D eigenvalue weighted by Crippen LogP contribution is 2.48. The molecule has 1 heterocycles. The predicted octanol–water partition coefficient (Wildman–Crippen LogP) is 7.68. The van der Waals surface area contributed by atoms with E-state index in [9.17, 15) is 4.79 Å². The van der Waals surface area contributed by atoms with Gasteiger partial charge in [0.05, 0.1) is 5.69 Å². The SMILES string of the molecule is CC(CCC1CCC1(C)C)CNC(=O)c1nn(CCCCCCl)c2c1CCCc1cc(Cl)ccc1-2. The van der Waals surface area contributed by atoms with Gasteiger partial charge >= 0.3 is 0 Å². The van der Waals surface area contributed by atoms with Crippen LogP contribution in [-0.2, 0) is 19.4 Å². The molecule has 192 valence electrons. The fraction of sp³-hybridized carbons (Fsp3) is 0.655. The summed E-state index contributed by atoms with van der Waals surface area (Å²) < 4.78 is 2.07. The summed E-state index contributed by atoms with van der Waals surface area (Å²) in [7, 11) is 0. The zero-order valence-electron chi connectivity index (χ0n) is 21.6. The van der Waals surface area contributed by atoms with Crippen molar-refractivity contribution in [3.8, 4) is 11.3 Å². The Bertz CT molecular complexity index is 1030. The number of amides is 1. The zero-order valence-corrected chi connectivity index (χ0v) is 23.1. The van der Waals surface area contributed by atoms with Crippen LogP contribution < -0.4 is 5.32 Å². The number of benzene rings is 1. The number of carbonyl (C=O) groups excluding carboxylic acids is 1. The van der Waals surface area contributed by atoms with Crippen molar-refractivity contribution in [2.75, 3.05) is 12.4 Å². The number of nitrogens with zero attached hydrogens (tertiary/aromatic N) is 2. The molecule has 1 saturated carbocycles. The summed E-state index contributed by atoms with van der Waals surface area (Å²) in [4.78, 5) is 13.4. The third-order valence-corrected chi connectivity index (χ3v) is 8.83.